The number of ether oxygens (including phenoxy) is 1. The van der Waals surface area contributed by atoms with Crippen molar-refractivity contribution < 1.29 is 9.53 Å². The number of hydrogen-bond acceptors (Lipinski definition) is 5. The van der Waals surface area contributed by atoms with Crippen molar-refractivity contribution in [1.29, 1.82) is 0 Å². The number of para-hydroxylation sites is 1. The molecule has 1 N–H and O–H groups in total. The molecule has 0 radical (unpaired) electrons. The Hall–Kier alpha value is -3.18. The number of benzene rings is 3. The molecule has 3 aromatic carbocycles. The number of nitrogens with one attached hydrogen (secondary N) is 1. The molecule has 1 heterocycles. The van der Waals surface area contributed by atoms with Gasteiger partial charge < -0.3 is 10.1 Å². The highest BCUT2D eigenvalue weighted by Gasteiger charge is 2.08. The maximum atomic E-state index is 12.3. The number of aromatic nitrogens is 1. The highest BCUT2D eigenvalue weighted by molar-refractivity contribution is 7.21. The van der Waals surface area contributed by atoms with Crippen LogP contribution in [0.3, 0.4) is 0 Å². The summed E-state index contributed by atoms with van der Waals surface area (Å²) in [7, 11) is 1.61. The van der Waals surface area contributed by atoms with Crippen LogP contribution in [0.5, 0.6) is 5.75 Å². The van der Waals surface area contributed by atoms with Crippen LogP contribution in [0.1, 0.15) is 10.4 Å². The number of rotatable bonds is 6. The highest BCUT2D eigenvalue weighted by atomic mass is 32.1. The molecule has 4 aromatic rings. The predicted molar refractivity (Wildman–Crippen MR) is 111 cm³/mol. The zero-order chi connectivity index (χ0) is 18.6. The molecule has 0 fully saturated rings. The Morgan fingerprint density at radius 2 is 1.74 bits per heavy atom. The molecule has 0 amide bonds. The van der Waals surface area contributed by atoms with Crippen LogP contribution in [0.15, 0.2) is 72.8 Å². The molecule has 0 aliphatic rings. The van der Waals surface area contributed by atoms with E-state index in [0.717, 1.165) is 27.5 Å². The molecule has 27 heavy (non-hydrogen) atoms. The number of hydrogen-bond donors (Lipinski definition) is 1. The molecule has 0 aliphatic carbocycles. The van der Waals surface area contributed by atoms with Crippen molar-refractivity contribution in [1.82, 2.24) is 4.98 Å². The third-order valence-corrected chi connectivity index (χ3v) is 5.38. The van der Waals surface area contributed by atoms with Gasteiger partial charge in [-0.05, 0) is 60.7 Å². The summed E-state index contributed by atoms with van der Waals surface area (Å²) < 4.78 is 6.29. The summed E-state index contributed by atoms with van der Waals surface area (Å²) in [4.78, 5) is 17.0. The summed E-state index contributed by atoms with van der Waals surface area (Å²) in [5.41, 5.74) is 3.66. The van der Waals surface area contributed by atoms with E-state index in [0.29, 0.717) is 5.56 Å². The van der Waals surface area contributed by atoms with E-state index in [9.17, 15) is 4.79 Å². The second kappa shape index (κ2) is 7.60. The standard InChI is InChI=1S/C22H18N2O2S/c1-26-18-12-8-15(9-13-18)20(25)14-23-17-10-6-16(7-11-17)22-24-19-4-2-3-5-21(19)27-22/h2-13,23H,14H2,1H3. The molecule has 0 atom stereocenters. The third kappa shape index (κ3) is 3.83. The van der Waals surface area contributed by atoms with Crippen molar-refractivity contribution in [3.63, 3.8) is 0 Å². The van der Waals surface area contributed by atoms with Gasteiger partial charge in [-0.3, -0.25) is 4.79 Å². The molecule has 0 spiro atoms. The number of ketones is 1. The number of carbonyl (C=O) groups excluding carboxylic acids is 1. The van der Waals surface area contributed by atoms with Crippen LogP contribution >= 0.6 is 11.3 Å². The number of methoxy groups -OCH3 is 1. The van der Waals surface area contributed by atoms with Gasteiger partial charge in [0.2, 0.25) is 0 Å². The molecule has 134 valence electrons. The second-order valence-corrected chi connectivity index (χ2v) is 7.10. The first-order valence-electron chi connectivity index (χ1n) is 8.60. The molecule has 4 nitrogen and oxygen atoms in total. The van der Waals surface area contributed by atoms with Crippen LogP contribution in [-0.2, 0) is 0 Å². The summed E-state index contributed by atoms with van der Waals surface area (Å²) in [5.74, 6) is 0.776. The third-order valence-electron chi connectivity index (χ3n) is 4.29. The fourth-order valence-corrected chi connectivity index (χ4v) is 3.76. The van der Waals surface area contributed by atoms with E-state index >= 15 is 0 Å². The Bertz CT molecular complexity index is 1040. The molecule has 4 rings (SSSR count). The van der Waals surface area contributed by atoms with Crippen LogP contribution in [0.2, 0.25) is 0 Å². The van der Waals surface area contributed by atoms with Gasteiger partial charge in [-0.1, -0.05) is 12.1 Å². The maximum absolute atomic E-state index is 12.3. The Balaban J connectivity index is 1.42. The number of fused-ring (bicyclic) bond motifs is 1. The number of nitrogens with zero attached hydrogens (tertiary/aromatic N) is 1. The lowest BCUT2D eigenvalue weighted by Gasteiger charge is -2.07. The molecule has 5 heteroatoms. The fourth-order valence-electron chi connectivity index (χ4n) is 2.79. The summed E-state index contributed by atoms with van der Waals surface area (Å²) >= 11 is 1.68. The van der Waals surface area contributed by atoms with Gasteiger partial charge in [0.1, 0.15) is 10.8 Å². The topological polar surface area (TPSA) is 51.2 Å². The van der Waals surface area contributed by atoms with Crippen molar-refractivity contribution in [2.75, 3.05) is 19.0 Å². The summed E-state index contributed by atoms with van der Waals surface area (Å²) in [6, 6.07) is 23.3. The van der Waals surface area contributed by atoms with Crippen LogP contribution in [0.4, 0.5) is 5.69 Å². The van der Waals surface area contributed by atoms with E-state index in [4.69, 9.17) is 4.74 Å². The number of anilines is 1. The van der Waals surface area contributed by atoms with Gasteiger partial charge in [0.05, 0.1) is 23.9 Å². The van der Waals surface area contributed by atoms with E-state index < -0.39 is 0 Å². The van der Waals surface area contributed by atoms with Crippen molar-refractivity contribution >= 4 is 33.0 Å². The SMILES string of the molecule is COc1ccc(C(=O)CNc2ccc(-c3nc4ccccc4s3)cc2)cc1. The van der Waals surface area contributed by atoms with E-state index in [1.807, 2.05) is 42.5 Å². The average Bonchev–Trinajstić information content (AvgIpc) is 3.17. The Kier molecular flexibility index (Phi) is 4.85. The van der Waals surface area contributed by atoms with Gasteiger partial charge in [0, 0.05) is 16.8 Å². The average molecular weight is 374 g/mol. The van der Waals surface area contributed by atoms with Crippen LogP contribution < -0.4 is 10.1 Å². The van der Waals surface area contributed by atoms with Gasteiger partial charge in [0.25, 0.3) is 0 Å². The maximum Gasteiger partial charge on any atom is 0.181 e. The number of Topliss-reactive ketones (excluding diaryl/α,β-unsaturated/α-hetero) is 1. The molecule has 0 saturated carbocycles. The van der Waals surface area contributed by atoms with Gasteiger partial charge >= 0.3 is 0 Å². The first-order valence-corrected chi connectivity index (χ1v) is 9.42. The van der Waals surface area contributed by atoms with Crippen molar-refractivity contribution in [3.8, 4) is 16.3 Å². The largest absolute Gasteiger partial charge is 0.497 e. The fraction of sp³-hybridized carbons (Fsp3) is 0.0909. The molecule has 1 aromatic heterocycles. The first-order chi connectivity index (χ1) is 13.2. The lowest BCUT2D eigenvalue weighted by molar-refractivity contribution is 0.101. The predicted octanol–water partition coefficient (Wildman–Crippen LogP) is 5.27. The van der Waals surface area contributed by atoms with Crippen LogP contribution in [0.25, 0.3) is 20.8 Å². The zero-order valence-corrected chi connectivity index (χ0v) is 15.6. The number of thiazole rings is 1. The zero-order valence-electron chi connectivity index (χ0n) is 14.8. The lowest BCUT2D eigenvalue weighted by atomic mass is 10.1. The van der Waals surface area contributed by atoms with Crippen LogP contribution in [0, 0.1) is 0 Å². The Labute approximate surface area is 161 Å². The minimum Gasteiger partial charge on any atom is -0.497 e. The van der Waals surface area contributed by atoms with E-state index in [2.05, 4.69) is 16.4 Å². The van der Waals surface area contributed by atoms with Gasteiger partial charge in [-0.15, -0.1) is 11.3 Å². The normalized spacial score (nSPS) is 10.7. The van der Waals surface area contributed by atoms with Crippen LogP contribution in [-0.4, -0.2) is 24.4 Å². The van der Waals surface area contributed by atoms with Crippen molar-refractivity contribution in [2.24, 2.45) is 0 Å². The molecule has 0 aliphatic heterocycles. The van der Waals surface area contributed by atoms with E-state index in [1.165, 1.54) is 4.70 Å². The molecular formula is C22H18N2O2S. The minimum absolute atomic E-state index is 0.0351. The minimum atomic E-state index is 0.0351. The lowest BCUT2D eigenvalue weighted by Crippen LogP contribution is -2.13. The highest BCUT2D eigenvalue weighted by Crippen LogP contribution is 2.30. The van der Waals surface area contributed by atoms with E-state index in [1.54, 1.807) is 42.7 Å². The number of carbonyl (C=O) groups is 1. The van der Waals surface area contributed by atoms with Crippen molar-refractivity contribution in [3.05, 3.63) is 78.4 Å². The smallest absolute Gasteiger partial charge is 0.181 e. The molecular weight excluding hydrogens is 356 g/mol. The quantitative estimate of drug-likeness (QED) is 0.467. The van der Waals surface area contributed by atoms with E-state index in [-0.39, 0.29) is 12.3 Å². The summed E-state index contributed by atoms with van der Waals surface area (Å²) in [6.45, 7) is 0.243. The first kappa shape index (κ1) is 17.2. The van der Waals surface area contributed by atoms with Gasteiger partial charge in [0.15, 0.2) is 5.78 Å². The molecule has 0 saturated heterocycles. The monoisotopic (exact) mass is 374 g/mol. The summed E-state index contributed by atoms with van der Waals surface area (Å²) in [6.07, 6.45) is 0. The molecule has 0 unspecified atom stereocenters. The summed E-state index contributed by atoms with van der Waals surface area (Å²) in [5, 5.41) is 4.18. The van der Waals surface area contributed by atoms with Gasteiger partial charge in [-0.2, -0.15) is 0 Å². The molecule has 0 bridgehead atoms. The Morgan fingerprint density at radius 3 is 2.44 bits per heavy atom. The Morgan fingerprint density at radius 1 is 1.00 bits per heavy atom. The van der Waals surface area contributed by atoms with Crippen molar-refractivity contribution in [2.45, 2.75) is 0 Å². The second-order valence-electron chi connectivity index (χ2n) is 6.07. The van der Waals surface area contributed by atoms with Gasteiger partial charge in [-0.25, -0.2) is 4.98 Å².